The molecule has 0 bridgehead atoms. The fourth-order valence-corrected chi connectivity index (χ4v) is 3.11. The van der Waals surface area contributed by atoms with Crippen LogP contribution in [-0.2, 0) is 9.53 Å². The van der Waals surface area contributed by atoms with Crippen molar-refractivity contribution in [3.05, 3.63) is 33.9 Å². The first-order chi connectivity index (χ1) is 12.2. The smallest absolute Gasteiger partial charge is 0.339 e. The molecule has 1 amide bonds. The van der Waals surface area contributed by atoms with Crippen LogP contribution in [0.4, 0.5) is 11.4 Å². The Morgan fingerprint density at radius 2 is 2.08 bits per heavy atom. The van der Waals surface area contributed by atoms with Crippen LogP contribution in [0.1, 0.15) is 37.0 Å². The Morgan fingerprint density at radius 1 is 1.38 bits per heavy atom. The van der Waals surface area contributed by atoms with Crippen molar-refractivity contribution < 1.29 is 19.2 Å². The van der Waals surface area contributed by atoms with E-state index in [1.165, 1.54) is 24.0 Å². The number of rotatable bonds is 5. The van der Waals surface area contributed by atoms with E-state index in [0.29, 0.717) is 11.6 Å². The van der Waals surface area contributed by atoms with Crippen molar-refractivity contribution in [3.8, 4) is 0 Å². The van der Waals surface area contributed by atoms with Gasteiger partial charge in [-0.1, -0.05) is 6.92 Å². The van der Waals surface area contributed by atoms with Gasteiger partial charge >= 0.3 is 5.97 Å². The predicted octanol–water partition coefficient (Wildman–Crippen LogP) is 2.46. The number of piperidine rings is 1. The van der Waals surface area contributed by atoms with Crippen LogP contribution >= 0.6 is 0 Å². The van der Waals surface area contributed by atoms with Crippen LogP contribution in [0, 0.1) is 16.0 Å². The van der Waals surface area contributed by atoms with Crippen LogP contribution in [0.5, 0.6) is 0 Å². The predicted molar refractivity (Wildman–Crippen MR) is 97.3 cm³/mol. The number of hydrogen-bond donors (Lipinski definition) is 0. The Balaban J connectivity index is 2.23. The molecular formula is C18H25N3O5. The van der Waals surface area contributed by atoms with Gasteiger partial charge in [0, 0.05) is 33.3 Å². The van der Waals surface area contributed by atoms with Crippen molar-refractivity contribution in [2.24, 2.45) is 5.92 Å². The number of nitro groups is 1. The lowest BCUT2D eigenvalue weighted by atomic mass is 9.99. The van der Waals surface area contributed by atoms with Gasteiger partial charge in [-0.3, -0.25) is 14.9 Å². The fraction of sp³-hybridized carbons (Fsp3) is 0.556. The summed E-state index contributed by atoms with van der Waals surface area (Å²) < 4.78 is 5.13. The maximum atomic E-state index is 12.3. The number of ether oxygens (including phenoxy) is 1. The largest absolute Gasteiger partial charge is 0.449 e. The number of anilines is 1. The maximum absolute atomic E-state index is 12.3. The van der Waals surface area contributed by atoms with Crippen molar-refractivity contribution in [3.63, 3.8) is 0 Å². The Bertz CT molecular complexity index is 704. The normalized spacial score (nSPS) is 18.2. The van der Waals surface area contributed by atoms with E-state index in [1.807, 2.05) is 4.90 Å². The molecule has 0 radical (unpaired) electrons. The van der Waals surface area contributed by atoms with Crippen molar-refractivity contribution >= 4 is 23.3 Å². The molecular weight excluding hydrogens is 338 g/mol. The molecule has 1 fully saturated rings. The molecule has 1 saturated heterocycles. The average Bonchev–Trinajstić information content (AvgIpc) is 2.60. The minimum atomic E-state index is -0.959. The minimum Gasteiger partial charge on any atom is -0.449 e. The van der Waals surface area contributed by atoms with Gasteiger partial charge in [0.1, 0.15) is 5.69 Å². The van der Waals surface area contributed by atoms with E-state index in [2.05, 4.69) is 6.92 Å². The summed E-state index contributed by atoms with van der Waals surface area (Å²) >= 11 is 0. The van der Waals surface area contributed by atoms with Crippen molar-refractivity contribution in [1.82, 2.24) is 4.90 Å². The number of carbonyl (C=O) groups is 2. The number of nitro benzene ring substituents is 1. The first kappa shape index (κ1) is 19.7. The summed E-state index contributed by atoms with van der Waals surface area (Å²) in [5, 5.41) is 11.5. The van der Waals surface area contributed by atoms with E-state index in [1.54, 1.807) is 20.2 Å². The zero-order valence-electron chi connectivity index (χ0n) is 15.6. The number of hydrogen-bond acceptors (Lipinski definition) is 6. The first-order valence-electron chi connectivity index (χ1n) is 8.66. The van der Waals surface area contributed by atoms with E-state index < -0.39 is 17.0 Å². The Kier molecular flexibility index (Phi) is 6.18. The van der Waals surface area contributed by atoms with Crippen molar-refractivity contribution in [2.75, 3.05) is 32.1 Å². The third-order valence-electron chi connectivity index (χ3n) is 4.48. The zero-order chi connectivity index (χ0) is 19.4. The second-order valence-corrected chi connectivity index (χ2v) is 6.93. The molecule has 0 N–H and O–H groups in total. The molecule has 1 aliphatic rings. The molecule has 8 heteroatoms. The van der Waals surface area contributed by atoms with Crippen LogP contribution in [0.3, 0.4) is 0 Å². The van der Waals surface area contributed by atoms with Gasteiger partial charge in [0.2, 0.25) is 0 Å². The van der Waals surface area contributed by atoms with Gasteiger partial charge in [-0.25, -0.2) is 4.79 Å². The van der Waals surface area contributed by atoms with E-state index in [-0.39, 0.29) is 17.2 Å². The summed E-state index contributed by atoms with van der Waals surface area (Å²) in [5.74, 6) is -0.646. The lowest BCUT2D eigenvalue weighted by molar-refractivity contribution is -0.384. The minimum absolute atomic E-state index is 0.0592. The molecule has 0 unspecified atom stereocenters. The number of carbonyl (C=O) groups excluding carboxylic acids is 2. The summed E-state index contributed by atoms with van der Waals surface area (Å²) in [6.07, 6.45) is 1.12. The quantitative estimate of drug-likeness (QED) is 0.453. The van der Waals surface area contributed by atoms with Crippen LogP contribution in [0.2, 0.25) is 0 Å². The van der Waals surface area contributed by atoms with Gasteiger partial charge in [-0.05, 0) is 37.8 Å². The molecule has 1 aliphatic heterocycles. The summed E-state index contributed by atoms with van der Waals surface area (Å²) in [6, 6.07) is 4.33. The molecule has 142 valence electrons. The molecule has 1 aromatic carbocycles. The number of esters is 1. The van der Waals surface area contributed by atoms with Gasteiger partial charge < -0.3 is 14.5 Å². The topological polar surface area (TPSA) is 93.0 Å². The molecule has 8 nitrogen and oxygen atoms in total. The lowest BCUT2D eigenvalue weighted by Crippen LogP contribution is -2.35. The highest BCUT2D eigenvalue weighted by molar-refractivity contribution is 5.93. The first-order valence-corrected chi connectivity index (χ1v) is 8.66. The number of benzene rings is 1. The van der Waals surface area contributed by atoms with Crippen LogP contribution in [0.25, 0.3) is 0 Å². The molecule has 2 rings (SSSR count). The van der Waals surface area contributed by atoms with Gasteiger partial charge in [-0.2, -0.15) is 0 Å². The highest BCUT2D eigenvalue weighted by atomic mass is 16.6. The van der Waals surface area contributed by atoms with Crippen LogP contribution in [-0.4, -0.2) is 55.0 Å². The highest BCUT2D eigenvalue weighted by Crippen LogP contribution is 2.32. The summed E-state index contributed by atoms with van der Waals surface area (Å²) in [5.41, 5.74) is 0.444. The third kappa shape index (κ3) is 4.50. The standard InChI is InChI=1S/C18H25N3O5/c1-12-6-5-9-20(11-12)15-8-7-14(10-16(15)21(24)25)18(23)26-13(2)17(22)19(3)4/h7-8,10,12-13H,5-6,9,11H2,1-4H3/t12-,13+/m1/s1. The van der Waals surface area contributed by atoms with Crippen LogP contribution in [0.15, 0.2) is 18.2 Å². The van der Waals surface area contributed by atoms with E-state index >= 15 is 0 Å². The van der Waals surface area contributed by atoms with Gasteiger partial charge in [0.05, 0.1) is 10.5 Å². The Morgan fingerprint density at radius 3 is 2.65 bits per heavy atom. The summed E-state index contributed by atoms with van der Waals surface area (Å²) in [4.78, 5) is 38.4. The van der Waals surface area contributed by atoms with E-state index in [9.17, 15) is 19.7 Å². The lowest BCUT2D eigenvalue weighted by Gasteiger charge is -2.32. The highest BCUT2D eigenvalue weighted by Gasteiger charge is 2.27. The molecule has 1 heterocycles. The Labute approximate surface area is 152 Å². The third-order valence-corrected chi connectivity index (χ3v) is 4.48. The number of likely N-dealkylation sites (N-methyl/N-ethyl adjacent to an activating group) is 1. The Hall–Kier alpha value is -2.64. The monoisotopic (exact) mass is 363 g/mol. The second-order valence-electron chi connectivity index (χ2n) is 6.93. The second kappa shape index (κ2) is 8.16. The average molecular weight is 363 g/mol. The van der Waals surface area contributed by atoms with Gasteiger partial charge in [0.25, 0.3) is 11.6 Å². The molecule has 1 aromatic rings. The van der Waals surface area contributed by atoms with Gasteiger partial charge in [-0.15, -0.1) is 0 Å². The molecule has 26 heavy (non-hydrogen) atoms. The van der Waals surface area contributed by atoms with Gasteiger partial charge in [0.15, 0.2) is 6.10 Å². The molecule has 2 atom stereocenters. The SMILES string of the molecule is C[C@@H]1CCCN(c2ccc(C(=O)O[C@@H](C)C(=O)N(C)C)cc2[N+](=O)[O-])C1. The van der Waals surface area contributed by atoms with Crippen molar-refractivity contribution in [1.29, 1.82) is 0 Å². The molecule has 0 saturated carbocycles. The van der Waals surface area contributed by atoms with Crippen LogP contribution < -0.4 is 4.90 Å². The number of nitrogens with zero attached hydrogens (tertiary/aromatic N) is 3. The van der Waals surface area contributed by atoms with E-state index in [0.717, 1.165) is 25.9 Å². The fourth-order valence-electron chi connectivity index (χ4n) is 3.11. The number of amides is 1. The summed E-state index contributed by atoms with van der Waals surface area (Å²) in [6.45, 7) is 5.09. The maximum Gasteiger partial charge on any atom is 0.339 e. The zero-order valence-corrected chi connectivity index (χ0v) is 15.6. The molecule has 0 aromatic heterocycles. The molecule has 0 spiro atoms. The van der Waals surface area contributed by atoms with E-state index in [4.69, 9.17) is 4.74 Å². The molecule has 0 aliphatic carbocycles. The summed E-state index contributed by atoms with van der Waals surface area (Å²) in [7, 11) is 3.12. The van der Waals surface area contributed by atoms with Crippen molar-refractivity contribution in [2.45, 2.75) is 32.8 Å².